The second-order valence-corrected chi connectivity index (χ2v) is 10.2. The van der Waals surface area contributed by atoms with E-state index >= 15 is 0 Å². The number of rotatable bonds is 16. The molecule has 9 N–H and O–H groups in total. The summed E-state index contributed by atoms with van der Waals surface area (Å²) in [5.41, 5.74) is 7.89. The van der Waals surface area contributed by atoms with Crippen molar-refractivity contribution >= 4 is 40.6 Å². The number of nitrogens with zero attached hydrogens (tertiary/aromatic N) is 1. The quantitative estimate of drug-likeness (QED) is 0.117. The number of hydrogen-bond acceptors (Lipinski definition) is 7. The van der Waals surface area contributed by atoms with Gasteiger partial charge in [-0.05, 0) is 24.0 Å². The summed E-state index contributed by atoms with van der Waals surface area (Å²) in [4.78, 5) is 72.4. The molecule has 0 saturated heterocycles. The van der Waals surface area contributed by atoms with Gasteiger partial charge in [0.2, 0.25) is 17.7 Å². The number of para-hydroxylation sites is 1. The Morgan fingerprint density at radius 1 is 0.952 bits per heavy atom. The molecule has 0 fully saturated rings. The van der Waals surface area contributed by atoms with Crippen LogP contribution in [0.1, 0.15) is 44.4 Å². The molecule has 226 valence electrons. The fourth-order valence-corrected chi connectivity index (χ4v) is 4.45. The molecule has 0 saturated carbocycles. The van der Waals surface area contributed by atoms with E-state index in [1.165, 1.54) is 12.5 Å². The van der Waals surface area contributed by atoms with Gasteiger partial charge in [-0.2, -0.15) is 0 Å². The lowest BCUT2D eigenvalue weighted by molar-refractivity contribution is -0.142. The standard InChI is InChI=1S/C28H37N7O7/c1-3-15(2)24(27(40)34-22(28(41)42)10-16-12-31-20-7-5-4-6-18(16)20)35-26(39)21(11-17-13-30-14-32-17)33-25(38)19(29)8-9-23(36)37/h4-7,12-15,19,21-22,24,31H,3,8-11,29H2,1-2H3,(H,30,32)(H,33,38)(H,34,40)(H,35,39)(H,36,37)(H,41,42). The van der Waals surface area contributed by atoms with Crippen LogP contribution in [0.25, 0.3) is 10.9 Å². The van der Waals surface area contributed by atoms with Crippen LogP contribution in [-0.2, 0) is 36.8 Å². The summed E-state index contributed by atoms with van der Waals surface area (Å²) in [5, 5.41) is 27.4. The average Bonchev–Trinajstić information content (AvgIpc) is 3.63. The third-order valence-electron chi connectivity index (χ3n) is 7.12. The van der Waals surface area contributed by atoms with Crippen molar-refractivity contribution in [3.05, 3.63) is 54.2 Å². The van der Waals surface area contributed by atoms with Gasteiger partial charge in [-0.15, -0.1) is 0 Å². The number of nitrogens with one attached hydrogen (secondary N) is 5. The molecule has 2 heterocycles. The third-order valence-corrected chi connectivity index (χ3v) is 7.12. The summed E-state index contributed by atoms with van der Waals surface area (Å²) >= 11 is 0. The van der Waals surface area contributed by atoms with Crippen molar-refractivity contribution in [1.29, 1.82) is 0 Å². The molecule has 2 aromatic heterocycles. The Morgan fingerprint density at radius 2 is 1.67 bits per heavy atom. The number of carboxylic acids is 2. The van der Waals surface area contributed by atoms with Gasteiger partial charge in [0, 0.05) is 48.3 Å². The number of aromatic amines is 2. The monoisotopic (exact) mass is 583 g/mol. The molecule has 0 aliphatic rings. The summed E-state index contributed by atoms with van der Waals surface area (Å²) in [5.74, 6) is -4.86. The molecule has 0 aliphatic heterocycles. The van der Waals surface area contributed by atoms with Crippen LogP contribution in [0.4, 0.5) is 0 Å². The number of fused-ring (bicyclic) bond motifs is 1. The van der Waals surface area contributed by atoms with Crippen LogP contribution in [0.5, 0.6) is 0 Å². The number of H-pyrrole nitrogens is 2. The average molecular weight is 584 g/mol. The van der Waals surface area contributed by atoms with E-state index in [-0.39, 0.29) is 25.7 Å². The molecule has 5 atom stereocenters. The number of amides is 3. The fraction of sp³-hybridized carbons (Fsp3) is 0.429. The number of carboxylic acid groups (broad SMARTS) is 2. The van der Waals surface area contributed by atoms with Gasteiger partial charge in [0.05, 0.1) is 12.4 Å². The summed E-state index contributed by atoms with van der Waals surface area (Å²) in [7, 11) is 0. The first kappa shape index (κ1) is 31.8. The number of benzene rings is 1. The van der Waals surface area contributed by atoms with Crippen LogP contribution in [0.15, 0.2) is 43.0 Å². The number of aromatic nitrogens is 3. The SMILES string of the molecule is CCC(C)C(NC(=O)C(Cc1cnc[nH]1)NC(=O)C(N)CCC(=O)O)C(=O)NC(Cc1c[nH]c2ccccc12)C(=O)O. The number of aliphatic carboxylic acids is 2. The van der Waals surface area contributed by atoms with Crippen molar-refractivity contribution in [2.75, 3.05) is 0 Å². The summed E-state index contributed by atoms with van der Waals surface area (Å²) in [6, 6.07) is 2.65. The van der Waals surface area contributed by atoms with Gasteiger partial charge in [0.1, 0.15) is 18.1 Å². The number of carbonyl (C=O) groups is 5. The maximum Gasteiger partial charge on any atom is 0.326 e. The lowest BCUT2D eigenvalue weighted by Gasteiger charge is -2.28. The lowest BCUT2D eigenvalue weighted by Crippen LogP contribution is -2.59. The van der Waals surface area contributed by atoms with E-state index in [0.717, 1.165) is 10.9 Å². The smallest absolute Gasteiger partial charge is 0.326 e. The Bertz CT molecular complexity index is 1390. The van der Waals surface area contributed by atoms with Gasteiger partial charge >= 0.3 is 11.9 Å². The zero-order valence-electron chi connectivity index (χ0n) is 23.4. The van der Waals surface area contributed by atoms with E-state index in [0.29, 0.717) is 17.7 Å². The molecule has 3 amide bonds. The highest BCUT2D eigenvalue weighted by Crippen LogP contribution is 2.19. The maximum atomic E-state index is 13.5. The highest BCUT2D eigenvalue weighted by atomic mass is 16.4. The lowest BCUT2D eigenvalue weighted by atomic mass is 9.96. The van der Waals surface area contributed by atoms with Crippen LogP contribution in [-0.4, -0.2) is 79.0 Å². The molecular weight excluding hydrogens is 546 g/mol. The van der Waals surface area contributed by atoms with Crippen molar-refractivity contribution in [2.45, 2.75) is 70.1 Å². The maximum absolute atomic E-state index is 13.5. The Hall–Kier alpha value is -4.72. The van der Waals surface area contributed by atoms with Crippen molar-refractivity contribution in [2.24, 2.45) is 11.7 Å². The highest BCUT2D eigenvalue weighted by Gasteiger charge is 2.33. The molecule has 14 nitrogen and oxygen atoms in total. The topological polar surface area (TPSA) is 232 Å². The number of hydrogen-bond donors (Lipinski definition) is 8. The van der Waals surface area contributed by atoms with E-state index in [9.17, 15) is 29.1 Å². The molecule has 1 aromatic carbocycles. The van der Waals surface area contributed by atoms with Crippen LogP contribution < -0.4 is 21.7 Å². The first-order chi connectivity index (χ1) is 20.0. The zero-order chi connectivity index (χ0) is 30.8. The second kappa shape index (κ2) is 14.8. The molecule has 14 heteroatoms. The predicted molar refractivity (Wildman–Crippen MR) is 152 cm³/mol. The largest absolute Gasteiger partial charge is 0.481 e. The Balaban J connectivity index is 1.76. The van der Waals surface area contributed by atoms with Gasteiger partial charge in [-0.1, -0.05) is 38.5 Å². The molecule has 3 aromatic rings. The van der Waals surface area contributed by atoms with Crippen molar-refractivity contribution in [3.63, 3.8) is 0 Å². The van der Waals surface area contributed by atoms with E-state index in [1.54, 1.807) is 13.1 Å². The van der Waals surface area contributed by atoms with Crippen LogP contribution in [0, 0.1) is 5.92 Å². The molecule has 0 aliphatic carbocycles. The Morgan fingerprint density at radius 3 is 2.31 bits per heavy atom. The summed E-state index contributed by atoms with van der Waals surface area (Å²) in [6.45, 7) is 3.56. The number of nitrogens with two attached hydrogens (primary N) is 1. The van der Waals surface area contributed by atoms with E-state index in [4.69, 9.17) is 10.8 Å². The van der Waals surface area contributed by atoms with Crippen molar-refractivity contribution in [3.8, 4) is 0 Å². The van der Waals surface area contributed by atoms with Crippen LogP contribution in [0.3, 0.4) is 0 Å². The molecular formula is C28H37N7O7. The molecule has 42 heavy (non-hydrogen) atoms. The zero-order valence-corrected chi connectivity index (χ0v) is 23.4. The summed E-state index contributed by atoms with van der Waals surface area (Å²) in [6.07, 6.45) is 4.59. The van der Waals surface area contributed by atoms with Crippen molar-refractivity contribution < 1.29 is 34.2 Å². The molecule has 5 unspecified atom stereocenters. The van der Waals surface area contributed by atoms with Gasteiger partial charge < -0.3 is 41.9 Å². The Kier molecular flexibility index (Phi) is 11.2. The van der Waals surface area contributed by atoms with Gasteiger partial charge in [0.15, 0.2) is 0 Å². The van der Waals surface area contributed by atoms with Gasteiger partial charge in [-0.25, -0.2) is 9.78 Å². The van der Waals surface area contributed by atoms with E-state index < -0.39 is 59.7 Å². The third kappa shape index (κ3) is 8.64. The predicted octanol–water partition coefficient (Wildman–Crippen LogP) is 0.453. The number of imidazole rings is 1. The van der Waals surface area contributed by atoms with Gasteiger partial charge in [-0.3, -0.25) is 19.2 Å². The minimum absolute atomic E-state index is 0.0129. The molecule has 0 radical (unpaired) electrons. The normalized spacial score (nSPS) is 14.7. The van der Waals surface area contributed by atoms with E-state index in [1.807, 2.05) is 31.2 Å². The molecule has 0 bridgehead atoms. The second-order valence-electron chi connectivity index (χ2n) is 10.2. The van der Waals surface area contributed by atoms with E-state index in [2.05, 4.69) is 30.9 Å². The first-order valence-corrected chi connectivity index (χ1v) is 13.6. The molecule has 0 spiro atoms. The van der Waals surface area contributed by atoms with Crippen LogP contribution >= 0.6 is 0 Å². The molecule has 3 rings (SSSR count). The fourth-order valence-electron chi connectivity index (χ4n) is 4.45. The van der Waals surface area contributed by atoms with Gasteiger partial charge in [0.25, 0.3) is 0 Å². The first-order valence-electron chi connectivity index (χ1n) is 13.6. The van der Waals surface area contributed by atoms with Crippen LogP contribution in [0.2, 0.25) is 0 Å². The highest BCUT2D eigenvalue weighted by molar-refractivity contribution is 5.94. The summed E-state index contributed by atoms with van der Waals surface area (Å²) < 4.78 is 0. The Labute approximate surface area is 241 Å². The van der Waals surface area contributed by atoms with Crippen molar-refractivity contribution in [1.82, 2.24) is 30.9 Å². The minimum Gasteiger partial charge on any atom is -0.481 e. The minimum atomic E-state index is -1.27. The number of carbonyl (C=O) groups excluding carboxylic acids is 3.